The van der Waals surface area contributed by atoms with E-state index in [-0.39, 0.29) is 18.2 Å². The molecule has 0 aliphatic heterocycles. The van der Waals surface area contributed by atoms with Gasteiger partial charge in [-0.15, -0.1) is 0 Å². The predicted octanol–water partition coefficient (Wildman–Crippen LogP) is 6.09. The number of rotatable bonds is 23. The molecule has 0 radical (unpaired) electrons. The van der Waals surface area contributed by atoms with Gasteiger partial charge in [-0.1, -0.05) is 84.3 Å². The second-order valence-corrected chi connectivity index (χ2v) is 10.8. The summed E-state index contributed by atoms with van der Waals surface area (Å²) in [6, 6.07) is -1.85. The SMILES string of the molecule is CCCCCCCC/C=C\CCCCCCCC(=O)N[C@@H](Cc1cnc[nH]1)C(=O)N[C@@H](CC(C)C)C(=O)O. The zero-order valence-electron chi connectivity index (χ0n) is 24.0. The molecular formula is C30H52N4O4. The molecule has 38 heavy (non-hydrogen) atoms. The van der Waals surface area contributed by atoms with Crippen LogP contribution in [-0.2, 0) is 20.8 Å². The van der Waals surface area contributed by atoms with E-state index in [0.717, 1.165) is 32.1 Å². The molecule has 1 rings (SSSR count). The maximum Gasteiger partial charge on any atom is 0.326 e. The molecule has 216 valence electrons. The van der Waals surface area contributed by atoms with Crippen molar-refractivity contribution in [3.63, 3.8) is 0 Å². The summed E-state index contributed by atoms with van der Waals surface area (Å²) < 4.78 is 0. The van der Waals surface area contributed by atoms with Crippen LogP contribution in [0.2, 0.25) is 0 Å². The monoisotopic (exact) mass is 532 g/mol. The fourth-order valence-electron chi connectivity index (χ4n) is 4.41. The first-order chi connectivity index (χ1) is 18.3. The minimum absolute atomic E-state index is 0.109. The average Bonchev–Trinajstić information content (AvgIpc) is 3.38. The Hall–Kier alpha value is -2.64. The van der Waals surface area contributed by atoms with Crippen molar-refractivity contribution in [2.75, 3.05) is 0 Å². The number of nitrogens with zero attached hydrogens (tertiary/aromatic N) is 1. The lowest BCUT2D eigenvalue weighted by Crippen LogP contribution is -2.52. The highest BCUT2D eigenvalue weighted by Gasteiger charge is 2.27. The first-order valence-electron chi connectivity index (χ1n) is 14.8. The van der Waals surface area contributed by atoms with Gasteiger partial charge in [0.2, 0.25) is 11.8 Å². The van der Waals surface area contributed by atoms with Crippen LogP contribution in [0.5, 0.6) is 0 Å². The third-order valence-electron chi connectivity index (χ3n) is 6.62. The third kappa shape index (κ3) is 17.0. The van der Waals surface area contributed by atoms with E-state index in [1.165, 1.54) is 57.7 Å². The fourth-order valence-corrected chi connectivity index (χ4v) is 4.41. The number of aromatic nitrogens is 2. The van der Waals surface area contributed by atoms with Crippen LogP contribution in [0, 0.1) is 5.92 Å². The molecule has 0 aliphatic rings. The molecule has 1 heterocycles. The van der Waals surface area contributed by atoms with Crippen LogP contribution in [0.1, 0.15) is 123 Å². The standard InChI is InChI=1S/C30H52N4O4/c1-4-5-6-7-8-9-10-11-12-13-14-15-16-17-18-19-28(35)33-26(21-25-22-31-23-32-25)29(36)34-27(30(37)38)20-24(2)3/h11-12,22-24,26-27H,4-10,13-21H2,1-3H3,(H,31,32)(H,33,35)(H,34,36)(H,37,38)/b12-11-/t26-,27-/m0/s1. The van der Waals surface area contributed by atoms with E-state index < -0.39 is 24.0 Å². The molecule has 0 aliphatic carbocycles. The molecule has 2 atom stereocenters. The highest BCUT2D eigenvalue weighted by Crippen LogP contribution is 2.11. The topological polar surface area (TPSA) is 124 Å². The van der Waals surface area contributed by atoms with Gasteiger partial charge in [0.15, 0.2) is 0 Å². The van der Waals surface area contributed by atoms with Crippen LogP contribution < -0.4 is 10.6 Å². The predicted molar refractivity (Wildman–Crippen MR) is 153 cm³/mol. The lowest BCUT2D eigenvalue weighted by atomic mass is 10.0. The molecule has 0 aromatic carbocycles. The third-order valence-corrected chi connectivity index (χ3v) is 6.62. The lowest BCUT2D eigenvalue weighted by Gasteiger charge is -2.22. The normalized spacial score (nSPS) is 13.1. The number of aliphatic carboxylic acids is 1. The van der Waals surface area contributed by atoms with Crippen LogP contribution in [-0.4, -0.2) is 44.9 Å². The number of amides is 2. The van der Waals surface area contributed by atoms with Gasteiger partial charge in [0.1, 0.15) is 12.1 Å². The highest BCUT2D eigenvalue weighted by molar-refractivity contribution is 5.90. The van der Waals surface area contributed by atoms with Crippen LogP contribution in [0.3, 0.4) is 0 Å². The summed E-state index contributed by atoms with van der Waals surface area (Å²) in [6.07, 6.45) is 24.1. The molecule has 8 heteroatoms. The number of carbonyl (C=O) groups excluding carboxylic acids is 2. The van der Waals surface area contributed by atoms with E-state index in [1.807, 2.05) is 13.8 Å². The summed E-state index contributed by atoms with van der Waals surface area (Å²) in [5.41, 5.74) is 0.696. The van der Waals surface area contributed by atoms with Crippen LogP contribution in [0.4, 0.5) is 0 Å². The number of carboxylic acids is 1. The van der Waals surface area contributed by atoms with Crippen LogP contribution >= 0.6 is 0 Å². The maximum absolute atomic E-state index is 12.9. The highest BCUT2D eigenvalue weighted by atomic mass is 16.4. The van der Waals surface area contributed by atoms with Crippen molar-refractivity contribution in [2.24, 2.45) is 5.92 Å². The van der Waals surface area contributed by atoms with Gasteiger partial charge in [-0.25, -0.2) is 9.78 Å². The molecule has 0 spiro atoms. The maximum atomic E-state index is 12.9. The zero-order valence-corrected chi connectivity index (χ0v) is 24.0. The molecule has 4 N–H and O–H groups in total. The number of nitrogens with one attached hydrogen (secondary N) is 3. The molecule has 0 unspecified atom stereocenters. The van der Waals surface area contributed by atoms with E-state index in [4.69, 9.17) is 0 Å². The summed E-state index contributed by atoms with van der Waals surface area (Å²) in [5.74, 6) is -1.66. The van der Waals surface area contributed by atoms with Crippen molar-refractivity contribution in [2.45, 2.75) is 136 Å². The summed E-state index contributed by atoms with van der Waals surface area (Å²) >= 11 is 0. The Bertz CT molecular complexity index is 792. The van der Waals surface area contributed by atoms with Gasteiger partial charge >= 0.3 is 5.97 Å². The van der Waals surface area contributed by atoms with Crippen molar-refractivity contribution in [1.29, 1.82) is 0 Å². The minimum atomic E-state index is -1.08. The Balaban J connectivity index is 2.29. The molecule has 2 amide bonds. The molecule has 1 aromatic heterocycles. The minimum Gasteiger partial charge on any atom is -0.480 e. The van der Waals surface area contributed by atoms with Gasteiger partial charge in [0, 0.05) is 24.7 Å². The number of hydrogen-bond acceptors (Lipinski definition) is 4. The van der Waals surface area contributed by atoms with E-state index in [1.54, 1.807) is 6.20 Å². The van der Waals surface area contributed by atoms with Crippen molar-refractivity contribution >= 4 is 17.8 Å². The van der Waals surface area contributed by atoms with E-state index in [9.17, 15) is 19.5 Å². The van der Waals surface area contributed by atoms with Crippen molar-refractivity contribution in [3.8, 4) is 0 Å². The number of hydrogen-bond donors (Lipinski definition) is 4. The fraction of sp³-hybridized carbons (Fsp3) is 0.733. The summed E-state index contributed by atoms with van der Waals surface area (Å²) in [5, 5.41) is 14.9. The van der Waals surface area contributed by atoms with Gasteiger partial charge < -0.3 is 20.7 Å². The summed E-state index contributed by atoms with van der Waals surface area (Å²) in [7, 11) is 0. The summed E-state index contributed by atoms with van der Waals surface area (Å²) in [4.78, 5) is 43.9. The van der Waals surface area contributed by atoms with Gasteiger partial charge in [0.05, 0.1) is 6.33 Å². The molecule has 8 nitrogen and oxygen atoms in total. The Kier molecular flexibility index (Phi) is 18.7. The average molecular weight is 533 g/mol. The number of allylic oxidation sites excluding steroid dienone is 2. The second kappa shape index (κ2) is 21.3. The number of unbranched alkanes of at least 4 members (excludes halogenated alkanes) is 11. The van der Waals surface area contributed by atoms with Crippen LogP contribution in [0.15, 0.2) is 24.7 Å². The molecule has 0 saturated carbocycles. The summed E-state index contributed by atoms with van der Waals surface area (Å²) in [6.45, 7) is 6.05. The number of carbonyl (C=O) groups is 3. The number of imidazole rings is 1. The number of carboxylic acid groups (broad SMARTS) is 1. The van der Waals surface area contributed by atoms with E-state index >= 15 is 0 Å². The Morgan fingerprint density at radius 2 is 1.50 bits per heavy atom. The molecule has 0 bridgehead atoms. The van der Waals surface area contributed by atoms with Gasteiger partial charge in [0.25, 0.3) is 0 Å². The van der Waals surface area contributed by atoms with Crippen molar-refractivity contribution in [1.82, 2.24) is 20.6 Å². The van der Waals surface area contributed by atoms with Gasteiger partial charge in [-0.2, -0.15) is 0 Å². The smallest absolute Gasteiger partial charge is 0.326 e. The molecular weight excluding hydrogens is 480 g/mol. The zero-order chi connectivity index (χ0) is 28.0. The lowest BCUT2D eigenvalue weighted by molar-refractivity contribution is -0.142. The van der Waals surface area contributed by atoms with Crippen LogP contribution in [0.25, 0.3) is 0 Å². The van der Waals surface area contributed by atoms with E-state index in [2.05, 4.69) is 39.7 Å². The Morgan fingerprint density at radius 1 is 0.895 bits per heavy atom. The Morgan fingerprint density at radius 3 is 2.05 bits per heavy atom. The number of H-pyrrole nitrogens is 1. The quantitative estimate of drug-likeness (QED) is 0.100. The second-order valence-electron chi connectivity index (χ2n) is 10.8. The Labute approximate surface area is 229 Å². The number of aromatic amines is 1. The van der Waals surface area contributed by atoms with Gasteiger partial charge in [-0.3, -0.25) is 9.59 Å². The molecule has 0 fully saturated rings. The van der Waals surface area contributed by atoms with Crippen molar-refractivity contribution < 1.29 is 19.5 Å². The van der Waals surface area contributed by atoms with Gasteiger partial charge in [-0.05, 0) is 44.4 Å². The first-order valence-corrected chi connectivity index (χ1v) is 14.8. The van der Waals surface area contributed by atoms with Crippen molar-refractivity contribution in [3.05, 3.63) is 30.4 Å². The largest absolute Gasteiger partial charge is 0.480 e. The van der Waals surface area contributed by atoms with E-state index in [0.29, 0.717) is 18.5 Å². The first kappa shape index (κ1) is 33.4. The molecule has 0 saturated heterocycles. The molecule has 1 aromatic rings.